The molecular formula is C12H13N. The van der Waals surface area contributed by atoms with E-state index in [0.29, 0.717) is 5.92 Å². The summed E-state index contributed by atoms with van der Waals surface area (Å²) in [7, 11) is 0. The van der Waals surface area contributed by atoms with Crippen molar-refractivity contribution >= 4 is 0 Å². The van der Waals surface area contributed by atoms with Gasteiger partial charge >= 0.3 is 0 Å². The van der Waals surface area contributed by atoms with Gasteiger partial charge in [0.25, 0.3) is 0 Å². The SMILES string of the molecule is NC1=CC=CCC1c1ccccc1. The van der Waals surface area contributed by atoms with Gasteiger partial charge in [-0.25, -0.2) is 0 Å². The average molecular weight is 171 g/mol. The van der Waals surface area contributed by atoms with E-state index in [2.05, 4.69) is 30.3 Å². The summed E-state index contributed by atoms with van der Waals surface area (Å²) in [6.45, 7) is 0. The molecule has 0 saturated carbocycles. The molecule has 66 valence electrons. The Kier molecular flexibility index (Phi) is 2.17. The van der Waals surface area contributed by atoms with Gasteiger partial charge in [0.15, 0.2) is 0 Å². The summed E-state index contributed by atoms with van der Waals surface area (Å²) < 4.78 is 0. The predicted octanol–water partition coefficient (Wildman–Crippen LogP) is 2.57. The molecule has 2 rings (SSSR count). The molecule has 0 radical (unpaired) electrons. The second-order valence-corrected chi connectivity index (χ2v) is 3.29. The number of allylic oxidation sites excluding steroid dienone is 4. The van der Waals surface area contributed by atoms with Gasteiger partial charge in [-0.05, 0) is 18.1 Å². The van der Waals surface area contributed by atoms with Crippen LogP contribution in [-0.4, -0.2) is 0 Å². The van der Waals surface area contributed by atoms with Gasteiger partial charge in [-0.1, -0.05) is 42.5 Å². The molecule has 13 heavy (non-hydrogen) atoms. The molecule has 1 aliphatic carbocycles. The molecule has 1 unspecified atom stereocenters. The summed E-state index contributed by atoms with van der Waals surface area (Å²) >= 11 is 0. The first-order chi connectivity index (χ1) is 6.38. The number of rotatable bonds is 1. The normalized spacial score (nSPS) is 21.2. The number of nitrogens with two attached hydrogens (primary N) is 1. The maximum absolute atomic E-state index is 5.92. The Balaban J connectivity index is 2.28. The van der Waals surface area contributed by atoms with Crippen molar-refractivity contribution < 1.29 is 0 Å². The molecule has 0 bridgehead atoms. The Bertz CT molecular complexity index is 335. The van der Waals surface area contributed by atoms with Crippen molar-refractivity contribution in [2.24, 2.45) is 5.73 Å². The molecule has 1 aliphatic rings. The topological polar surface area (TPSA) is 26.0 Å². The van der Waals surface area contributed by atoms with Gasteiger partial charge in [-0.3, -0.25) is 0 Å². The summed E-state index contributed by atoms with van der Waals surface area (Å²) in [5, 5.41) is 0. The predicted molar refractivity (Wildman–Crippen MR) is 55.2 cm³/mol. The monoisotopic (exact) mass is 171 g/mol. The highest BCUT2D eigenvalue weighted by molar-refractivity contribution is 5.32. The minimum absolute atomic E-state index is 0.381. The first-order valence-corrected chi connectivity index (χ1v) is 4.55. The van der Waals surface area contributed by atoms with E-state index in [1.165, 1.54) is 5.56 Å². The van der Waals surface area contributed by atoms with E-state index >= 15 is 0 Å². The lowest BCUT2D eigenvalue weighted by molar-refractivity contribution is 0.786. The largest absolute Gasteiger partial charge is 0.402 e. The van der Waals surface area contributed by atoms with E-state index in [1.54, 1.807) is 0 Å². The van der Waals surface area contributed by atoms with E-state index in [-0.39, 0.29) is 0 Å². The van der Waals surface area contributed by atoms with E-state index in [9.17, 15) is 0 Å². The summed E-state index contributed by atoms with van der Waals surface area (Å²) in [6.07, 6.45) is 7.19. The van der Waals surface area contributed by atoms with Crippen LogP contribution < -0.4 is 5.73 Å². The van der Waals surface area contributed by atoms with Crippen LogP contribution in [0.15, 0.2) is 54.3 Å². The van der Waals surface area contributed by atoms with Crippen LogP contribution in [-0.2, 0) is 0 Å². The Morgan fingerprint density at radius 2 is 1.92 bits per heavy atom. The van der Waals surface area contributed by atoms with Crippen LogP contribution in [0.1, 0.15) is 17.9 Å². The molecule has 1 heteroatoms. The molecule has 0 amide bonds. The maximum atomic E-state index is 5.92. The third-order valence-electron chi connectivity index (χ3n) is 2.40. The Labute approximate surface area is 78.6 Å². The highest BCUT2D eigenvalue weighted by atomic mass is 14.6. The Hall–Kier alpha value is -1.50. The summed E-state index contributed by atoms with van der Waals surface area (Å²) in [5.41, 5.74) is 8.19. The number of benzene rings is 1. The second kappa shape index (κ2) is 3.48. The van der Waals surface area contributed by atoms with Gasteiger partial charge in [0.05, 0.1) is 0 Å². The minimum Gasteiger partial charge on any atom is -0.402 e. The third-order valence-corrected chi connectivity index (χ3v) is 2.40. The Morgan fingerprint density at radius 1 is 1.15 bits per heavy atom. The van der Waals surface area contributed by atoms with Gasteiger partial charge < -0.3 is 5.73 Å². The van der Waals surface area contributed by atoms with Crippen LogP contribution in [0.2, 0.25) is 0 Å². The van der Waals surface area contributed by atoms with E-state index in [1.807, 2.05) is 18.2 Å². The minimum atomic E-state index is 0.381. The lowest BCUT2D eigenvalue weighted by Crippen LogP contribution is -2.11. The zero-order valence-electron chi connectivity index (χ0n) is 7.48. The van der Waals surface area contributed by atoms with Crippen molar-refractivity contribution in [2.75, 3.05) is 0 Å². The zero-order valence-corrected chi connectivity index (χ0v) is 7.48. The van der Waals surface area contributed by atoms with Gasteiger partial charge in [-0.15, -0.1) is 0 Å². The van der Waals surface area contributed by atoms with Crippen LogP contribution in [0, 0.1) is 0 Å². The van der Waals surface area contributed by atoms with Crippen molar-refractivity contribution in [3.8, 4) is 0 Å². The first-order valence-electron chi connectivity index (χ1n) is 4.55. The molecule has 0 aliphatic heterocycles. The van der Waals surface area contributed by atoms with Crippen molar-refractivity contribution in [1.29, 1.82) is 0 Å². The number of hydrogen-bond acceptors (Lipinski definition) is 1. The van der Waals surface area contributed by atoms with Crippen LogP contribution in [0.5, 0.6) is 0 Å². The molecular weight excluding hydrogens is 158 g/mol. The molecule has 2 N–H and O–H groups in total. The molecule has 1 aromatic carbocycles. The zero-order chi connectivity index (χ0) is 9.10. The molecule has 1 atom stereocenters. The lowest BCUT2D eigenvalue weighted by Gasteiger charge is -2.18. The molecule has 1 aromatic rings. The van der Waals surface area contributed by atoms with Gasteiger partial charge in [0.1, 0.15) is 0 Å². The van der Waals surface area contributed by atoms with Crippen molar-refractivity contribution in [3.63, 3.8) is 0 Å². The van der Waals surface area contributed by atoms with E-state index < -0.39 is 0 Å². The van der Waals surface area contributed by atoms with Crippen LogP contribution in [0.4, 0.5) is 0 Å². The Morgan fingerprint density at radius 3 is 2.62 bits per heavy atom. The molecule has 0 heterocycles. The van der Waals surface area contributed by atoms with Gasteiger partial charge in [0, 0.05) is 11.6 Å². The maximum Gasteiger partial charge on any atom is 0.0270 e. The first kappa shape index (κ1) is 8.11. The fourth-order valence-corrected chi connectivity index (χ4v) is 1.66. The standard InChI is InChI=1S/C12H13N/c13-12-9-5-4-8-11(12)10-6-2-1-3-7-10/h1-7,9,11H,8,13H2. The summed E-state index contributed by atoms with van der Waals surface area (Å²) in [5.74, 6) is 0.381. The fraction of sp³-hybridized carbons (Fsp3) is 0.167. The highest BCUT2D eigenvalue weighted by Gasteiger charge is 2.13. The number of hydrogen-bond donors (Lipinski definition) is 1. The molecule has 0 aromatic heterocycles. The highest BCUT2D eigenvalue weighted by Crippen LogP contribution is 2.27. The van der Waals surface area contributed by atoms with Crippen molar-refractivity contribution in [2.45, 2.75) is 12.3 Å². The molecule has 1 nitrogen and oxygen atoms in total. The smallest absolute Gasteiger partial charge is 0.0270 e. The van der Waals surface area contributed by atoms with E-state index in [0.717, 1.165) is 12.1 Å². The van der Waals surface area contributed by atoms with Crippen LogP contribution in [0.3, 0.4) is 0 Å². The lowest BCUT2D eigenvalue weighted by atomic mass is 9.90. The van der Waals surface area contributed by atoms with Crippen molar-refractivity contribution in [1.82, 2.24) is 0 Å². The fourth-order valence-electron chi connectivity index (χ4n) is 1.66. The molecule has 0 saturated heterocycles. The van der Waals surface area contributed by atoms with E-state index in [4.69, 9.17) is 5.73 Å². The van der Waals surface area contributed by atoms with Gasteiger partial charge in [-0.2, -0.15) is 0 Å². The third kappa shape index (κ3) is 1.64. The second-order valence-electron chi connectivity index (χ2n) is 3.29. The molecule has 0 spiro atoms. The van der Waals surface area contributed by atoms with Crippen molar-refractivity contribution in [3.05, 3.63) is 59.8 Å². The van der Waals surface area contributed by atoms with Gasteiger partial charge in [0.2, 0.25) is 0 Å². The molecule has 0 fully saturated rings. The average Bonchev–Trinajstić information content (AvgIpc) is 2.20. The van der Waals surface area contributed by atoms with Crippen LogP contribution in [0.25, 0.3) is 0 Å². The summed E-state index contributed by atoms with van der Waals surface area (Å²) in [6, 6.07) is 10.4. The quantitative estimate of drug-likeness (QED) is 0.690. The van der Waals surface area contributed by atoms with Crippen LogP contribution >= 0.6 is 0 Å². The summed E-state index contributed by atoms with van der Waals surface area (Å²) in [4.78, 5) is 0.